The summed E-state index contributed by atoms with van der Waals surface area (Å²) in [4.78, 5) is 2.23. The topological polar surface area (TPSA) is 33.1 Å². The number of hydrogen-bond acceptors (Lipinski definition) is 3. The van der Waals surface area contributed by atoms with Gasteiger partial charge in [-0.2, -0.15) is 5.10 Å². The first-order valence-electron chi connectivity index (χ1n) is 7.19. The molecular formula is C14H27BrN4. The van der Waals surface area contributed by atoms with Gasteiger partial charge in [-0.1, -0.05) is 6.92 Å². The molecular weight excluding hydrogens is 304 g/mol. The van der Waals surface area contributed by atoms with Gasteiger partial charge in [0.15, 0.2) is 0 Å². The molecule has 0 saturated heterocycles. The molecule has 0 unspecified atom stereocenters. The van der Waals surface area contributed by atoms with Gasteiger partial charge in [0, 0.05) is 13.1 Å². The highest BCUT2D eigenvalue weighted by Crippen LogP contribution is 2.22. The molecule has 1 heterocycles. The van der Waals surface area contributed by atoms with Crippen molar-refractivity contribution in [1.29, 1.82) is 0 Å². The third-order valence-electron chi connectivity index (χ3n) is 3.20. The van der Waals surface area contributed by atoms with Crippen LogP contribution >= 0.6 is 15.9 Å². The highest BCUT2D eigenvalue weighted by atomic mass is 79.9. The summed E-state index contributed by atoms with van der Waals surface area (Å²) in [6, 6.07) is 0. The van der Waals surface area contributed by atoms with Crippen molar-refractivity contribution in [1.82, 2.24) is 20.0 Å². The van der Waals surface area contributed by atoms with E-state index in [0.29, 0.717) is 0 Å². The Hall–Kier alpha value is -0.390. The standard InChI is InChI=1S/C14H27BrN4/c1-5-12-14(15)13(19(6-2)17-12)11-16-9-7-8-10-18(3)4/h16H,5-11H2,1-4H3. The molecule has 4 nitrogen and oxygen atoms in total. The van der Waals surface area contributed by atoms with Crippen molar-refractivity contribution in [2.75, 3.05) is 27.2 Å². The molecule has 1 aromatic heterocycles. The molecule has 0 spiro atoms. The zero-order valence-electron chi connectivity index (χ0n) is 12.7. The van der Waals surface area contributed by atoms with Crippen LogP contribution in [-0.2, 0) is 19.5 Å². The molecule has 0 saturated carbocycles. The Morgan fingerprint density at radius 1 is 1.26 bits per heavy atom. The van der Waals surface area contributed by atoms with Crippen molar-refractivity contribution in [3.8, 4) is 0 Å². The maximum absolute atomic E-state index is 4.61. The zero-order valence-corrected chi connectivity index (χ0v) is 14.3. The molecule has 110 valence electrons. The molecule has 0 bridgehead atoms. The van der Waals surface area contributed by atoms with Crippen LogP contribution < -0.4 is 5.32 Å². The molecule has 0 aliphatic rings. The van der Waals surface area contributed by atoms with Gasteiger partial charge < -0.3 is 10.2 Å². The maximum atomic E-state index is 4.61. The quantitative estimate of drug-likeness (QED) is 0.706. The van der Waals surface area contributed by atoms with E-state index in [4.69, 9.17) is 0 Å². The number of hydrogen-bond donors (Lipinski definition) is 1. The normalized spacial score (nSPS) is 11.5. The molecule has 0 amide bonds. The largest absolute Gasteiger partial charge is 0.311 e. The lowest BCUT2D eigenvalue weighted by atomic mass is 10.3. The Morgan fingerprint density at radius 2 is 2.00 bits per heavy atom. The first-order valence-corrected chi connectivity index (χ1v) is 7.98. The Bertz CT molecular complexity index is 374. The first-order chi connectivity index (χ1) is 9.10. The number of nitrogens with one attached hydrogen (secondary N) is 1. The summed E-state index contributed by atoms with van der Waals surface area (Å²) in [5, 5.41) is 8.13. The van der Waals surface area contributed by atoms with Crippen LogP contribution in [0, 0.1) is 0 Å². The predicted molar refractivity (Wildman–Crippen MR) is 84.5 cm³/mol. The van der Waals surface area contributed by atoms with Gasteiger partial charge in [0.1, 0.15) is 0 Å². The van der Waals surface area contributed by atoms with Crippen LogP contribution in [0.1, 0.15) is 38.1 Å². The molecule has 0 aliphatic carbocycles. The second-order valence-corrected chi connectivity index (χ2v) is 5.86. The van der Waals surface area contributed by atoms with Gasteiger partial charge in [-0.3, -0.25) is 4.68 Å². The average Bonchev–Trinajstić information content (AvgIpc) is 2.69. The number of aryl methyl sites for hydroxylation is 2. The van der Waals surface area contributed by atoms with E-state index in [2.05, 4.69) is 63.9 Å². The van der Waals surface area contributed by atoms with E-state index in [9.17, 15) is 0 Å². The van der Waals surface area contributed by atoms with E-state index in [1.165, 1.54) is 23.0 Å². The van der Waals surface area contributed by atoms with Crippen molar-refractivity contribution in [3.05, 3.63) is 15.9 Å². The van der Waals surface area contributed by atoms with Gasteiger partial charge in [-0.25, -0.2) is 0 Å². The molecule has 0 fully saturated rings. The Labute approximate surface area is 125 Å². The molecule has 19 heavy (non-hydrogen) atoms. The minimum atomic E-state index is 0.892. The number of rotatable bonds is 9. The van der Waals surface area contributed by atoms with Gasteiger partial charge in [-0.05, 0) is 69.3 Å². The summed E-state index contributed by atoms with van der Waals surface area (Å²) in [5.41, 5.74) is 2.43. The van der Waals surface area contributed by atoms with Crippen LogP contribution in [0.4, 0.5) is 0 Å². The highest BCUT2D eigenvalue weighted by Gasteiger charge is 2.12. The van der Waals surface area contributed by atoms with Gasteiger partial charge >= 0.3 is 0 Å². The molecule has 5 heteroatoms. The molecule has 1 N–H and O–H groups in total. The second kappa shape index (κ2) is 8.72. The number of aromatic nitrogens is 2. The number of unbranched alkanes of at least 4 members (excludes halogenated alkanes) is 1. The predicted octanol–water partition coefficient (Wildman–Crippen LogP) is 2.66. The van der Waals surface area contributed by atoms with Gasteiger partial charge in [0.25, 0.3) is 0 Å². The lowest BCUT2D eigenvalue weighted by molar-refractivity contribution is 0.391. The summed E-state index contributed by atoms with van der Waals surface area (Å²) < 4.78 is 3.27. The Kier molecular flexibility index (Phi) is 7.64. The summed E-state index contributed by atoms with van der Waals surface area (Å²) in [5.74, 6) is 0. The third-order valence-corrected chi connectivity index (χ3v) is 4.11. The van der Waals surface area contributed by atoms with E-state index >= 15 is 0 Å². The Morgan fingerprint density at radius 3 is 2.58 bits per heavy atom. The maximum Gasteiger partial charge on any atom is 0.0767 e. The first kappa shape index (κ1) is 16.7. The Balaban J connectivity index is 2.38. The number of halogens is 1. The fourth-order valence-corrected chi connectivity index (χ4v) is 2.78. The second-order valence-electron chi connectivity index (χ2n) is 5.06. The fourth-order valence-electron chi connectivity index (χ4n) is 2.07. The molecule has 0 radical (unpaired) electrons. The van der Waals surface area contributed by atoms with Crippen LogP contribution in [0.25, 0.3) is 0 Å². The molecule has 0 aromatic carbocycles. The number of nitrogens with zero attached hydrogens (tertiary/aromatic N) is 3. The van der Waals surface area contributed by atoms with Crippen LogP contribution in [0.3, 0.4) is 0 Å². The summed E-state index contributed by atoms with van der Waals surface area (Å²) >= 11 is 3.67. The van der Waals surface area contributed by atoms with Gasteiger partial charge in [-0.15, -0.1) is 0 Å². The summed E-state index contributed by atoms with van der Waals surface area (Å²) in [7, 11) is 4.24. The highest BCUT2D eigenvalue weighted by molar-refractivity contribution is 9.10. The van der Waals surface area contributed by atoms with Crippen molar-refractivity contribution in [3.63, 3.8) is 0 Å². The fraction of sp³-hybridized carbons (Fsp3) is 0.786. The molecule has 0 aliphatic heterocycles. The van der Waals surface area contributed by atoms with Crippen LogP contribution in [0.2, 0.25) is 0 Å². The lowest BCUT2D eigenvalue weighted by Gasteiger charge is -2.10. The van der Waals surface area contributed by atoms with Crippen molar-refractivity contribution in [2.24, 2.45) is 0 Å². The van der Waals surface area contributed by atoms with E-state index in [1.807, 2.05) is 0 Å². The molecule has 1 rings (SSSR count). The third kappa shape index (κ3) is 5.24. The van der Waals surface area contributed by atoms with E-state index < -0.39 is 0 Å². The van der Waals surface area contributed by atoms with Crippen LogP contribution in [0.5, 0.6) is 0 Å². The van der Waals surface area contributed by atoms with E-state index in [0.717, 1.165) is 38.3 Å². The van der Waals surface area contributed by atoms with Crippen LogP contribution in [0.15, 0.2) is 4.47 Å². The SMILES string of the molecule is CCc1nn(CC)c(CNCCCCN(C)C)c1Br. The van der Waals surface area contributed by atoms with Crippen molar-refractivity contribution >= 4 is 15.9 Å². The lowest BCUT2D eigenvalue weighted by Crippen LogP contribution is -2.20. The average molecular weight is 331 g/mol. The minimum Gasteiger partial charge on any atom is -0.311 e. The summed E-state index contributed by atoms with van der Waals surface area (Å²) in [6.07, 6.45) is 3.44. The zero-order chi connectivity index (χ0) is 14.3. The van der Waals surface area contributed by atoms with Crippen molar-refractivity contribution in [2.45, 2.75) is 46.2 Å². The monoisotopic (exact) mass is 330 g/mol. The van der Waals surface area contributed by atoms with Gasteiger partial charge in [0.2, 0.25) is 0 Å². The van der Waals surface area contributed by atoms with E-state index in [1.54, 1.807) is 0 Å². The van der Waals surface area contributed by atoms with Gasteiger partial charge in [0.05, 0.1) is 15.9 Å². The molecule has 1 aromatic rings. The van der Waals surface area contributed by atoms with Crippen LogP contribution in [-0.4, -0.2) is 41.9 Å². The minimum absolute atomic E-state index is 0.892. The smallest absolute Gasteiger partial charge is 0.0767 e. The molecule has 0 atom stereocenters. The van der Waals surface area contributed by atoms with E-state index in [-0.39, 0.29) is 0 Å². The summed E-state index contributed by atoms with van der Waals surface area (Å²) in [6.45, 7) is 8.33. The van der Waals surface area contributed by atoms with Crippen molar-refractivity contribution < 1.29 is 0 Å².